The standard InChI is InChI=1S/C17H22N2O2/c18-12-15-7-4-8-16(11-15)19-17(20)9-10-21-13-14-5-2-1-3-6-14/h4,7-8,11,14H,1-3,5-6,9-10,13H2,(H,19,20). The number of nitrogens with one attached hydrogen (secondary N) is 1. The number of rotatable bonds is 6. The second-order valence-corrected chi connectivity index (χ2v) is 5.57. The van der Waals surface area contributed by atoms with Crippen molar-refractivity contribution in [2.45, 2.75) is 38.5 Å². The third-order valence-electron chi connectivity index (χ3n) is 3.83. The lowest BCUT2D eigenvalue weighted by Gasteiger charge is -2.21. The topological polar surface area (TPSA) is 62.1 Å². The van der Waals surface area contributed by atoms with Crippen LogP contribution in [0.2, 0.25) is 0 Å². The van der Waals surface area contributed by atoms with Crippen molar-refractivity contribution in [3.05, 3.63) is 29.8 Å². The van der Waals surface area contributed by atoms with Crippen LogP contribution >= 0.6 is 0 Å². The second-order valence-electron chi connectivity index (χ2n) is 5.57. The van der Waals surface area contributed by atoms with Crippen molar-refractivity contribution in [3.63, 3.8) is 0 Å². The van der Waals surface area contributed by atoms with Crippen LogP contribution in [0.4, 0.5) is 5.69 Å². The molecule has 1 aromatic carbocycles. The Morgan fingerprint density at radius 2 is 2.14 bits per heavy atom. The molecule has 2 rings (SSSR count). The molecule has 0 spiro atoms. The van der Waals surface area contributed by atoms with Crippen molar-refractivity contribution in [1.29, 1.82) is 5.26 Å². The van der Waals surface area contributed by atoms with E-state index in [2.05, 4.69) is 11.4 Å². The van der Waals surface area contributed by atoms with E-state index in [9.17, 15) is 4.79 Å². The molecule has 0 aromatic heterocycles. The van der Waals surface area contributed by atoms with Crippen LogP contribution < -0.4 is 5.32 Å². The first-order valence-corrected chi connectivity index (χ1v) is 7.65. The molecular weight excluding hydrogens is 264 g/mol. The van der Waals surface area contributed by atoms with E-state index in [1.54, 1.807) is 24.3 Å². The van der Waals surface area contributed by atoms with Gasteiger partial charge in [0.2, 0.25) is 5.91 Å². The number of nitrogens with zero attached hydrogens (tertiary/aromatic N) is 1. The van der Waals surface area contributed by atoms with Crippen molar-refractivity contribution < 1.29 is 9.53 Å². The summed E-state index contributed by atoms with van der Waals surface area (Å²) in [4.78, 5) is 11.8. The molecule has 0 radical (unpaired) electrons. The molecule has 0 unspecified atom stereocenters. The first kappa shape index (κ1) is 15.5. The van der Waals surface area contributed by atoms with Crippen molar-refractivity contribution in [2.24, 2.45) is 5.92 Å². The van der Waals surface area contributed by atoms with E-state index < -0.39 is 0 Å². The Morgan fingerprint density at radius 3 is 2.90 bits per heavy atom. The van der Waals surface area contributed by atoms with Crippen molar-refractivity contribution in [1.82, 2.24) is 0 Å². The summed E-state index contributed by atoms with van der Waals surface area (Å²) in [5, 5.41) is 11.6. The molecule has 1 amide bonds. The van der Waals surface area contributed by atoms with Gasteiger partial charge >= 0.3 is 0 Å². The minimum Gasteiger partial charge on any atom is -0.381 e. The molecule has 21 heavy (non-hydrogen) atoms. The molecule has 1 aromatic rings. The molecule has 0 bridgehead atoms. The number of nitriles is 1. The van der Waals surface area contributed by atoms with E-state index in [-0.39, 0.29) is 5.91 Å². The Kier molecular flexibility index (Phi) is 6.23. The first-order valence-electron chi connectivity index (χ1n) is 7.65. The average Bonchev–Trinajstić information content (AvgIpc) is 2.53. The summed E-state index contributed by atoms with van der Waals surface area (Å²) in [6, 6.07) is 8.97. The molecule has 1 fully saturated rings. The maximum Gasteiger partial charge on any atom is 0.226 e. The zero-order chi connectivity index (χ0) is 14.9. The second kappa shape index (κ2) is 8.43. The number of benzene rings is 1. The van der Waals surface area contributed by atoms with Crippen LogP contribution in [0.25, 0.3) is 0 Å². The largest absolute Gasteiger partial charge is 0.381 e. The SMILES string of the molecule is N#Cc1cccc(NC(=O)CCOCC2CCCCC2)c1. The zero-order valence-electron chi connectivity index (χ0n) is 12.3. The van der Waals surface area contributed by atoms with Crippen LogP contribution in [0.3, 0.4) is 0 Å². The Hall–Kier alpha value is -1.86. The van der Waals surface area contributed by atoms with Gasteiger partial charge in [-0.3, -0.25) is 4.79 Å². The van der Waals surface area contributed by atoms with Gasteiger partial charge < -0.3 is 10.1 Å². The highest BCUT2D eigenvalue weighted by atomic mass is 16.5. The van der Waals surface area contributed by atoms with E-state index in [0.717, 1.165) is 6.61 Å². The fourth-order valence-electron chi connectivity index (χ4n) is 2.66. The van der Waals surface area contributed by atoms with E-state index in [1.807, 2.05) is 0 Å². The molecule has 1 aliphatic carbocycles. The predicted octanol–water partition coefficient (Wildman–Crippen LogP) is 3.48. The number of ether oxygens (including phenoxy) is 1. The quantitative estimate of drug-likeness (QED) is 0.814. The van der Waals surface area contributed by atoms with Crippen molar-refractivity contribution in [2.75, 3.05) is 18.5 Å². The minimum absolute atomic E-state index is 0.0752. The Labute approximate surface area is 126 Å². The van der Waals surface area contributed by atoms with Gasteiger partial charge in [-0.2, -0.15) is 5.26 Å². The summed E-state index contributed by atoms with van der Waals surface area (Å²) in [6.07, 6.45) is 6.83. The smallest absolute Gasteiger partial charge is 0.226 e. The summed E-state index contributed by atoms with van der Waals surface area (Å²) in [7, 11) is 0. The van der Waals surface area contributed by atoms with E-state index >= 15 is 0 Å². The molecule has 0 heterocycles. The van der Waals surface area contributed by atoms with Gasteiger partial charge in [-0.05, 0) is 37.0 Å². The van der Waals surface area contributed by atoms with Gasteiger partial charge in [-0.1, -0.05) is 25.3 Å². The first-order chi connectivity index (χ1) is 10.3. The van der Waals surface area contributed by atoms with Crippen LogP contribution in [-0.4, -0.2) is 19.1 Å². The third kappa shape index (κ3) is 5.57. The normalized spacial score (nSPS) is 15.4. The van der Waals surface area contributed by atoms with E-state index in [4.69, 9.17) is 10.00 Å². The monoisotopic (exact) mass is 286 g/mol. The highest BCUT2D eigenvalue weighted by Crippen LogP contribution is 2.23. The summed E-state index contributed by atoms with van der Waals surface area (Å²) in [6.45, 7) is 1.23. The Bertz CT molecular complexity index is 502. The maximum atomic E-state index is 11.8. The molecule has 0 aliphatic heterocycles. The number of anilines is 1. The number of amides is 1. The van der Waals surface area contributed by atoms with Crippen LogP contribution in [-0.2, 0) is 9.53 Å². The highest BCUT2D eigenvalue weighted by Gasteiger charge is 2.13. The number of hydrogen-bond acceptors (Lipinski definition) is 3. The van der Waals surface area contributed by atoms with E-state index in [1.165, 1.54) is 32.1 Å². The van der Waals surface area contributed by atoms with Gasteiger partial charge in [-0.15, -0.1) is 0 Å². The molecule has 4 heteroatoms. The Balaban J connectivity index is 1.64. The van der Waals surface area contributed by atoms with Crippen LogP contribution in [0.5, 0.6) is 0 Å². The summed E-state index contributed by atoms with van der Waals surface area (Å²) < 4.78 is 5.61. The van der Waals surface area contributed by atoms with Gasteiger partial charge in [-0.25, -0.2) is 0 Å². The summed E-state index contributed by atoms with van der Waals surface area (Å²) >= 11 is 0. The molecule has 1 saturated carbocycles. The van der Waals surface area contributed by atoms with Gasteiger partial charge in [0.1, 0.15) is 0 Å². The van der Waals surface area contributed by atoms with Crippen LogP contribution in [0, 0.1) is 17.2 Å². The molecule has 0 saturated heterocycles. The van der Waals surface area contributed by atoms with E-state index in [0.29, 0.717) is 30.2 Å². The summed E-state index contributed by atoms with van der Waals surface area (Å²) in [5.41, 5.74) is 1.20. The molecular formula is C17H22N2O2. The fraction of sp³-hybridized carbons (Fsp3) is 0.529. The molecule has 112 valence electrons. The van der Waals surface area contributed by atoms with Gasteiger partial charge in [0.05, 0.1) is 24.7 Å². The molecule has 1 N–H and O–H groups in total. The number of carbonyl (C=O) groups excluding carboxylic acids is 1. The lowest BCUT2D eigenvalue weighted by Crippen LogP contribution is -2.17. The van der Waals surface area contributed by atoms with Gasteiger partial charge in [0.15, 0.2) is 0 Å². The van der Waals surface area contributed by atoms with Crippen molar-refractivity contribution >= 4 is 11.6 Å². The summed E-state index contributed by atoms with van der Waals surface area (Å²) in [5.74, 6) is 0.600. The zero-order valence-corrected chi connectivity index (χ0v) is 12.3. The maximum absolute atomic E-state index is 11.8. The third-order valence-corrected chi connectivity index (χ3v) is 3.83. The minimum atomic E-state index is -0.0752. The molecule has 1 aliphatic rings. The van der Waals surface area contributed by atoms with Crippen LogP contribution in [0.1, 0.15) is 44.1 Å². The highest BCUT2D eigenvalue weighted by molar-refractivity contribution is 5.90. The lowest BCUT2D eigenvalue weighted by atomic mass is 9.90. The van der Waals surface area contributed by atoms with Gasteiger partial charge in [0.25, 0.3) is 0 Å². The lowest BCUT2D eigenvalue weighted by molar-refractivity contribution is -0.117. The van der Waals surface area contributed by atoms with Crippen LogP contribution in [0.15, 0.2) is 24.3 Å². The number of hydrogen-bond donors (Lipinski definition) is 1. The van der Waals surface area contributed by atoms with Gasteiger partial charge in [0, 0.05) is 12.3 Å². The molecule has 0 atom stereocenters. The predicted molar refractivity (Wildman–Crippen MR) is 81.8 cm³/mol. The van der Waals surface area contributed by atoms with Crippen molar-refractivity contribution in [3.8, 4) is 6.07 Å². The Morgan fingerprint density at radius 1 is 1.33 bits per heavy atom. The average molecular weight is 286 g/mol. The number of carbonyl (C=O) groups is 1. The molecule has 4 nitrogen and oxygen atoms in total. The fourth-order valence-corrected chi connectivity index (χ4v) is 2.66.